The molecule has 5 N–H and O–H groups in total. The van der Waals surface area contributed by atoms with Gasteiger partial charge in [0.05, 0.1) is 5.56 Å². The number of carboxylic acid groups (broad SMARTS) is 1. The van der Waals surface area contributed by atoms with E-state index in [4.69, 9.17) is 5.73 Å². The van der Waals surface area contributed by atoms with Gasteiger partial charge < -0.3 is 25.6 Å². The summed E-state index contributed by atoms with van der Waals surface area (Å²) < 4.78 is 15.3. The predicted molar refractivity (Wildman–Crippen MR) is 129 cm³/mol. The zero-order valence-corrected chi connectivity index (χ0v) is 19.4. The molecule has 34 heavy (non-hydrogen) atoms. The molecule has 0 atom stereocenters. The highest BCUT2D eigenvalue weighted by atomic mass is 32.2. The Morgan fingerprint density at radius 1 is 1.24 bits per heavy atom. The number of nitrogens with one attached hydrogen (secondary N) is 1. The minimum absolute atomic E-state index is 0.191. The van der Waals surface area contributed by atoms with Gasteiger partial charge in [-0.3, -0.25) is 9.78 Å². The Hall–Kier alpha value is -3.44. The molecule has 3 aromatic rings. The molecule has 3 rings (SSSR count). The molecular formula is C23H26FN5O4S. The summed E-state index contributed by atoms with van der Waals surface area (Å²) in [5, 5.41) is 23.1. The van der Waals surface area contributed by atoms with E-state index in [-0.39, 0.29) is 34.6 Å². The number of aromatic hydroxyl groups is 1. The Morgan fingerprint density at radius 2 is 2.03 bits per heavy atom. The number of rotatable bonds is 11. The third-order valence-electron chi connectivity index (χ3n) is 5.10. The third-order valence-corrected chi connectivity index (χ3v) is 6.13. The number of benzene rings is 1. The number of nitrogens with zero attached hydrogens (tertiary/aromatic N) is 3. The average Bonchev–Trinajstić information content (AvgIpc) is 2.83. The second kappa shape index (κ2) is 11.6. The highest BCUT2D eigenvalue weighted by Gasteiger charge is 2.22. The summed E-state index contributed by atoms with van der Waals surface area (Å²) in [4.78, 5) is 32.9. The first-order valence-electron chi connectivity index (χ1n) is 10.7. The SMILES string of the molecule is CN(SCCCCCN)c1nc(C(=O)NCc2ccc(F)cc2C(=O)O)c(O)c2ncccc12. The number of hydrogen-bond donors (Lipinski definition) is 4. The zero-order valence-electron chi connectivity index (χ0n) is 18.6. The first-order chi connectivity index (χ1) is 16.3. The first kappa shape index (κ1) is 25.2. The zero-order chi connectivity index (χ0) is 24.7. The summed E-state index contributed by atoms with van der Waals surface area (Å²) in [5.74, 6) is -1.82. The van der Waals surface area contributed by atoms with Gasteiger partial charge in [-0.1, -0.05) is 12.5 Å². The first-order valence-corrected chi connectivity index (χ1v) is 11.6. The van der Waals surface area contributed by atoms with E-state index in [1.54, 1.807) is 12.1 Å². The van der Waals surface area contributed by atoms with Crippen molar-refractivity contribution in [2.24, 2.45) is 5.73 Å². The highest BCUT2D eigenvalue weighted by molar-refractivity contribution is 8.00. The molecule has 0 fully saturated rings. The fraction of sp³-hybridized carbons (Fsp3) is 0.304. The number of carbonyl (C=O) groups excluding carboxylic acids is 1. The van der Waals surface area contributed by atoms with E-state index in [0.29, 0.717) is 17.7 Å². The second-order valence-electron chi connectivity index (χ2n) is 7.50. The maximum Gasteiger partial charge on any atom is 0.336 e. The van der Waals surface area contributed by atoms with E-state index >= 15 is 0 Å². The Bertz CT molecular complexity index is 1190. The van der Waals surface area contributed by atoms with Gasteiger partial charge in [0.1, 0.15) is 17.2 Å². The molecule has 0 aliphatic rings. The lowest BCUT2D eigenvalue weighted by Crippen LogP contribution is -2.26. The van der Waals surface area contributed by atoms with Crippen LogP contribution in [0.15, 0.2) is 36.5 Å². The second-order valence-corrected chi connectivity index (χ2v) is 8.72. The van der Waals surface area contributed by atoms with Gasteiger partial charge in [-0.25, -0.2) is 14.2 Å². The fourth-order valence-electron chi connectivity index (χ4n) is 3.35. The van der Waals surface area contributed by atoms with E-state index in [2.05, 4.69) is 15.3 Å². The van der Waals surface area contributed by atoms with Crippen LogP contribution in [0.4, 0.5) is 10.2 Å². The number of fused-ring (bicyclic) bond motifs is 1. The van der Waals surface area contributed by atoms with Crippen LogP contribution in [-0.2, 0) is 6.54 Å². The summed E-state index contributed by atoms with van der Waals surface area (Å²) in [5.41, 5.74) is 5.47. The van der Waals surface area contributed by atoms with Crippen molar-refractivity contribution in [2.75, 3.05) is 23.7 Å². The molecule has 11 heteroatoms. The van der Waals surface area contributed by atoms with Gasteiger partial charge in [0, 0.05) is 30.9 Å². The number of pyridine rings is 2. The van der Waals surface area contributed by atoms with Crippen molar-refractivity contribution in [2.45, 2.75) is 25.8 Å². The van der Waals surface area contributed by atoms with Crippen molar-refractivity contribution >= 4 is 40.5 Å². The van der Waals surface area contributed by atoms with Crippen molar-refractivity contribution < 1.29 is 24.2 Å². The standard InChI is InChI=1S/C23H26FN5O4S/c1-29(34-11-4-2-3-9-25)21-16-6-5-10-26-18(16)20(30)19(28-21)22(31)27-13-14-7-8-15(24)12-17(14)23(32)33/h5-8,10,12,30H,2-4,9,11,13,25H2,1H3,(H,27,31)(H,32,33). The van der Waals surface area contributed by atoms with Gasteiger partial charge in [0.2, 0.25) is 0 Å². The summed E-state index contributed by atoms with van der Waals surface area (Å²) in [6, 6.07) is 6.76. The number of anilines is 1. The monoisotopic (exact) mass is 487 g/mol. The lowest BCUT2D eigenvalue weighted by molar-refractivity contribution is 0.0693. The highest BCUT2D eigenvalue weighted by Crippen LogP contribution is 2.34. The number of carboxylic acids is 1. The van der Waals surface area contributed by atoms with E-state index in [1.807, 2.05) is 11.4 Å². The minimum atomic E-state index is -1.31. The van der Waals surface area contributed by atoms with Crippen LogP contribution in [0.5, 0.6) is 5.75 Å². The number of carbonyl (C=O) groups is 2. The number of unbranched alkanes of at least 4 members (excludes halogenated alkanes) is 2. The molecule has 0 radical (unpaired) electrons. The number of amides is 1. The lowest BCUT2D eigenvalue weighted by Gasteiger charge is -2.20. The Morgan fingerprint density at radius 3 is 2.76 bits per heavy atom. The van der Waals surface area contributed by atoms with Crippen LogP contribution in [0, 0.1) is 5.82 Å². The van der Waals surface area contributed by atoms with Gasteiger partial charge in [0.15, 0.2) is 11.4 Å². The topological polar surface area (TPSA) is 142 Å². The van der Waals surface area contributed by atoms with Crippen LogP contribution >= 0.6 is 11.9 Å². The van der Waals surface area contributed by atoms with Gasteiger partial charge in [0.25, 0.3) is 5.91 Å². The molecule has 0 aliphatic heterocycles. The minimum Gasteiger partial charge on any atom is -0.504 e. The van der Waals surface area contributed by atoms with Crippen molar-refractivity contribution in [1.82, 2.24) is 15.3 Å². The fourth-order valence-corrected chi connectivity index (χ4v) is 4.22. The summed E-state index contributed by atoms with van der Waals surface area (Å²) in [7, 11) is 1.82. The van der Waals surface area contributed by atoms with Gasteiger partial charge in [-0.05, 0) is 61.2 Å². The van der Waals surface area contributed by atoms with Crippen molar-refractivity contribution in [1.29, 1.82) is 0 Å². The van der Waals surface area contributed by atoms with Crippen LogP contribution < -0.4 is 15.4 Å². The molecule has 2 aromatic heterocycles. The van der Waals surface area contributed by atoms with Crippen LogP contribution in [-0.4, -0.2) is 51.4 Å². The van der Waals surface area contributed by atoms with E-state index < -0.39 is 17.7 Å². The van der Waals surface area contributed by atoms with Crippen LogP contribution in [0.3, 0.4) is 0 Å². The maximum absolute atomic E-state index is 13.4. The van der Waals surface area contributed by atoms with Crippen LogP contribution in [0.2, 0.25) is 0 Å². The van der Waals surface area contributed by atoms with Crippen molar-refractivity contribution in [3.05, 3.63) is 59.2 Å². The molecule has 180 valence electrons. The number of aromatic carboxylic acids is 1. The molecule has 1 amide bonds. The molecule has 0 bridgehead atoms. The average molecular weight is 488 g/mol. The molecule has 1 aromatic carbocycles. The quantitative estimate of drug-likeness (QED) is 0.237. The number of aromatic nitrogens is 2. The van der Waals surface area contributed by atoms with E-state index in [0.717, 1.165) is 37.1 Å². The van der Waals surface area contributed by atoms with Crippen molar-refractivity contribution in [3.8, 4) is 5.75 Å². The molecule has 0 saturated heterocycles. The molecule has 2 heterocycles. The number of halogens is 1. The number of hydrogen-bond acceptors (Lipinski definition) is 8. The lowest BCUT2D eigenvalue weighted by atomic mass is 10.1. The number of nitrogens with two attached hydrogens (primary N) is 1. The summed E-state index contributed by atoms with van der Waals surface area (Å²) in [6.45, 7) is 0.462. The Kier molecular flexibility index (Phi) is 8.61. The summed E-state index contributed by atoms with van der Waals surface area (Å²) in [6.07, 6.45) is 4.44. The normalized spacial score (nSPS) is 10.9. The van der Waals surface area contributed by atoms with E-state index in [1.165, 1.54) is 24.2 Å². The van der Waals surface area contributed by atoms with E-state index in [9.17, 15) is 24.2 Å². The maximum atomic E-state index is 13.4. The molecule has 0 saturated carbocycles. The third kappa shape index (κ3) is 5.91. The molecule has 0 spiro atoms. The molecule has 0 aliphatic carbocycles. The summed E-state index contributed by atoms with van der Waals surface area (Å²) >= 11 is 1.53. The van der Waals surface area contributed by atoms with Crippen LogP contribution in [0.25, 0.3) is 10.9 Å². The van der Waals surface area contributed by atoms with Gasteiger partial charge in [-0.15, -0.1) is 0 Å². The van der Waals surface area contributed by atoms with Gasteiger partial charge in [-0.2, -0.15) is 0 Å². The Balaban J connectivity index is 1.85. The smallest absolute Gasteiger partial charge is 0.336 e. The molecular weight excluding hydrogens is 461 g/mol. The Labute approximate surface area is 200 Å². The van der Waals surface area contributed by atoms with Gasteiger partial charge >= 0.3 is 5.97 Å². The largest absolute Gasteiger partial charge is 0.504 e. The molecule has 9 nitrogen and oxygen atoms in total. The molecule has 0 unspecified atom stereocenters. The van der Waals surface area contributed by atoms with Crippen molar-refractivity contribution in [3.63, 3.8) is 0 Å². The predicted octanol–water partition coefficient (Wildman–Crippen LogP) is 3.32. The van der Waals surface area contributed by atoms with Crippen LogP contribution in [0.1, 0.15) is 45.7 Å².